The Morgan fingerprint density at radius 3 is 2.62 bits per heavy atom. The predicted octanol–water partition coefficient (Wildman–Crippen LogP) is 4.42. The number of carbonyl (C=O) groups excluding carboxylic acids is 1. The summed E-state index contributed by atoms with van der Waals surface area (Å²) in [5.74, 6) is 3.34. The lowest BCUT2D eigenvalue weighted by Gasteiger charge is -2.61. The number of nitrogens with zero attached hydrogens (tertiary/aromatic N) is 4. The molecule has 3 unspecified atom stereocenters. The van der Waals surface area contributed by atoms with Gasteiger partial charge in [0, 0.05) is 43.2 Å². The Bertz CT molecular complexity index is 1260. The molecule has 9 nitrogen and oxygen atoms in total. The van der Waals surface area contributed by atoms with Crippen LogP contribution in [-0.2, 0) is 6.54 Å². The standard InChI is InChI=1S/C30H40N8OS/c1-40-25-5-3-2-4-20(25)16-33-29-34-17-23(15-31)27(37-29)35-18-30-12-19-10-21(13-30)26(22(11-19)14-30)36-24-6-8-38(9-7-24)28(32)39/h2-5,17,19,21-22,24,26,36H,6-14,16,18H2,1H3,(H2,32,39)(H2,33,34,35,37)/t19?,21-,22+,26?,30?. The third-order valence-electron chi connectivity index (χ3n) is 9.80. The smallest absolute Gasteiger partial charge is 0.314 e. The molecular weight excluding hydrogens is 520 g/mol. The molecule has 5 aliphatic rings. The van der Waals surface area contributed by atoms with Crippen molar-refractivity contribution in [3.8, 4) is 6.07 Å². The third-order valence-corrected chi connectivity index (χ3v) is 10.6. The Balaban J connectivity index is 1.09. The first kappa shape index (κ1) is 27.2. The number of anilines is 2. The van der Waals surface area contributed by atoms with Gasteiger partial charge in [0.25, 0.3) is 0 Å². The van der Waals surface area contributed by atoms with Crippen molar-refractivity contribution >= 4 is 29.6 Å². The molecular formula is C30H40N8OS. The average Bonchev–Trinajstić information content (AvgIpc) is 2.97. The van der Waals surface area contributed by atoms with Crippen LogP contribution in [0.15, 0.2) is 35.4 Å². The van der Waals surface area contributed by atoms with Gasteiger partial charge in [0.15, 0.2) is 0 Å². The van der Waals surface area contributed by atoms with Crippen molar-refractivity contribution in [2.45, 2.75) is 68.5 Å². The van der Waals surface area contributed by atoms with Crippen molar-refractivity contribution < 1.29 is 4.79 Å². The first-order valence-corrected chi connectivity index (χ1v) is 15.8. The van der Waals surface area contributed by atoms with Crippen LogP contribution in [0, 0.1) is 34.5 Å². The zero-order chi connectivity index (χ0) is 27.7. The Labute approximate surface area is 241 Å². The Morgan fingerprint density at radius 2 is 1.93 bits per heavy atom. The lowest BCUT2D eigenvalue weighted by Crippen LogP contribution is -2.62. The Hall–Kier alpha value is -3.03. The summed E-state index contributed by atoms with van der Waals surface area (Å²) in [4.78, 5) is 23.6. The van der Waals surface area contributed by atoms with Crippen molar-refractivity contribution in [3.05, 3.63) is 41.6 Å². The lowest BCUT2D eigenvalue weighted by atomic mass is 9.48. The van der Waals surface area contributed by atoms with Crippen LogP contribution in [-0.4, -0.2) is 58.9 Å². The zero-order valence-corrected chi connectivity index (χ0v) is 24.1. The summed E-state index contributed by atoms with van der Waals surface area (Å²) < 4.78 is 0. The van der Waals surface area contributed by atoms with Crippen molar-refractivity contribution in [2.24, 2.45) is 28.9 Å². The first-order valence-electron chi connectivity index (χ1n) is 14.6. The van der Waals surface area contributed by atoms with E-state index in [0.717, 1.165) is 38.4 Å². The number of amides is 2. The molecule has 4 aliphatic carbocycles. The number of hydrogen-bond acceptors (Lipinski definition) is 8. The third kappa shape index (κ3) is 5.59. The van der Waals surface area contributed by atoms with E-state index in [1.54, 1.807) is 22.9 Å². The maximum absolute atomic E-state index is 11.5. The summed E-state index contributed by atoms with van der Waals surface area (Å²) in [6.45, 7) is 2.99. The zero-order valence-electron chi connectivity index (χ0n) is 23.2. The van der Waals surface area contributed by atoms with Crippen molar-refractivity contribution in [3.63, 3.8) is 0 Å². The number of urea groups is 1. The number of nitrogens with one attached hydrogen (secondary N) is 3. The second-order valence-electron chi connectivity index (χ2n) is 12.3. The number of carbonyl (C=O) groups is 1. The van der Waals surface area contributed by atoms with E-state index >= 15 is 0 Å². The van der Waals surface area contributed by atoms with Crippen molar-refractivity contribution in [1.29, 1.82) is 5.26 Å². The van der Waals surface area contributed by atoms with E-state index in [1.807, 2.05) is 12.1 Å². The van der Waals surface area contributed by atoms with Crippen LogP contribution in [0.3, 0.4) is 0 Å². The van der Waals surface area contributed by atoms with Crippen LogP contribution < -0.4 is 21.7 Å². The normalized spacial score (nSPS) is 29.2. The summed E-state index contributed by atoms with van der Waals surface area (Å²) in [5, 5.41) is 20.8. The van der Waals surface area contributed by atoms with Crippen LogP contribution in [0.1, 0.15) is 56.1 Å². The van der Waals surface area contributed by atoms with Crippen molar-refractivity contribution in [1.82, 2.24) is 20.2 Å². The van der Waals surface area contributed by atoms with E-state index in [9.17, 15) is 10.1 Å². The minimum absolute atomic E-state index is 0.257. The van der Waals surface area contributed by atoms with Gasteiger partial charge in [0.05, 0.1) is 6.20 Å². The number of rotatable bonds is 9. The number of primary amides is 1. The van der Waals surface area contributed by atoms with Gasteiger partial charge in [-0.2, -0.15) is 10.2 Å². The van der Waals surface area contributed by atoms with Crippen LogP contribution in [0.5, 0.6) is 0 Å². The molecule has 10 heteroatoms. The molecule has 4 saturated carbocycles. The monoisotopic (exact) mass is 560 g/mol. The predicted molar refractivity (Wildman–Crippen MR) is 158 cm³/mol. The minimum Gasteiger partial charge on any atom is -0.368 e. The molecule has 1 aliphatic heterocycles. The highest BCUT2D eigenvalue weighted by atomic mass is 32.2. The lowest BCUT2D eigenvalue weighted by molar-refractivity contribution is -0.0732. The summed E-state index contributed by atoms with van der Waals surface area (Å²) in [5.41, 5.74) is 7.43. The van der Waals surface area contributed by atoms with Gasteiger partial charge in [-0.3, -0.25) is 0 Å². The van der Waals surface area contributed by atoms with Crippen LogP contribution in [0.2, 0.25) is 0 Å². The summed E-state index contributed by atoms with van der Waals surface area (Å²) in [6, 6.07) is 11.3. The van der Waals surface area contributed by atoms with Gasteiger partial charge < -0.3 is 26.6 Å². The summed E-state index contributed by atoms with van der Waals surface area (Å²) in [7, 11) is 0. The number of thioether (sulfide) groups is 1. The molecule has 4 bridgehead atoms. The largest absolute Gasteiger partial charge is 0.368 e. The van der Waals surface area contributed by atoms with E-state index < -0.39 is 0 Å². The molecule has 5 atom stereocenters. The van der Waals surface area contributed by atoms with E-state index in [-0.39, 0.29) is 11.4 Å². The molecule has 1 aromatic heterocycles. The van der Waals surface area contributed by atoms with Crippen LogP contribution in [0.25, 0.3) is 0 Å². The van der Waals surface area contributed by atoms with E-state index in [4.69, 9.17) is 10.7 Å². The highest BCUT2D eigenvalue weighted by Gasteiger charge is 2.55. The molecule has 1 saturated heterocycles. The molecule has 40 heavy (non-hydrogen) atoms. The van der Waals surface area contributed by atoms with Crippen LogP contribution >= 0.6 is 11.8 Å². The van der Waals surface area contributed by atoms with Crippen LogP contribution in [0.4, 0.5) is 16.6 Å². The topological polar surface area (TPSA) is 132 Å². The number of nitrogens with two attached hydrogens (primary N) is 1. The maximum Gasteiger partial charge on any atom is 0.314 e. The minimum atomic E-state index is -0.297. The van der Waals surface area contributed by atoms with Gasteiger partial charge in [-0.1, -0.05) is 18.2 Å². The molecule has 7 rings (SSSR count). The number of hydrogen-bond donors (Lipinski definition) is 4. The van der Waals surface area contributed by atoms with Gasteiger partial charge in [0.2, 0.25) is 5.95 Å². The van der Waals surface area contributed by atoms with Crippen molar-refractivity contribution in [2.75, 3.05) is 36.5 Å². The molecule has 1 aromatic carbocycles. The highest BCUT2D eigenvalue weighted by molar-refractivity contribution is 7.98. The quantitative estimate of drug-likeness (QED) is 0.332. The Morgan fingerprint density at radius 1 is 1.18 bits per heavy atom. The molecule has 212 valence electrons. The second kappa shape index (κ2) is 11.5. The fraction of sp³-hybridized carbons (Fsp3) is 0.600. The van der Waals surface area contributed by atoms with Gasteiger partial charge in [0.1, 0.15) is 17.5 Å². The van der Waals surface area contributed by atoms with Gasteiger partial charge in [-0.15, -0.1) is 11.8 Å². The maximum atomic E-state index is 11.5. The van der Waals surface area contributed by atoms with Gasteiger partial charge >= 0.3 is 6.03 Å². The SMILES string of the molecule is CSc1ccccc1CNc1ncc(C#N)c(NCC23CC4C[C@H](C2)C(NC2CCN(C(N)=O)CC2)[C@@H](C4)C3)n1. The van der Waals surface area contributed by atoms with E-state index in [2.05, 4.69) is 45.4 Å². The van der Waals surface area contributed by atoms with E-state index in [1.165, 1.54) is 42.6 Å². The number of benzene rings is 1. The molecule has 0 radical (unpaired) electrons. The molecule has 0 spiro atoms. The summed E-state index contributed by atoms with van der Waals surface area (Å²) in [6.07, 6.45) is 12.0. The average molecular weight is 561 g/mol. The first-order chi connectivity index (χ1) is 19.4. The number of nitriles is 1. The molecule has 2 heterocycles. The molecule has 5 N–H and O–H groups in total. The number of aromatic nitrogens is 2. The second-order valence-corrected chi connectivity index (χ2v) is 13.2. The highest BCUT2D eigenvalue weighted by Crippen LogP contribution is 2.60. The number of piperidine rings is 1. The fourth-order valence-corrected chi connectivity index (χ4v) is 8.82. The molecule has 2 amide bonds. The van der Waals surface area contributed by atoms with Gasteiger partial charge in [-0.05, 0) is 86.0 Å². The van der Waals surface area contributed by atoms with Gasteiger partial charge in [-0.25, -0.2) is 9.78 Å². The fourth-order valence-electron chi connectivity index (χ4n) is 8.20. The van der Waals surface area contributed by atoms with E-state index in [0.29, 0.717) is 47.8 Å². The number of likely N-dealkylation sites (tertiary alicyclic amines) is 1. The molecule has 2 aromatic rings. The Kier molecular flexibility index (Phi) is 7.78. The molecule has 5 fully saturated rings. The summed E-state index contributed by atoms with van der Waals surface area (Å²) >= 11 is 1.73.